The summed E-state index contributed by atoms with van der Waals surface area (Å²) >= 11 is 5.91. The van der Waals surface area contributed by atoms with Crippen LogP contribution in [0.15, 0.2) is 54.6 Å². The summed E-state index contributed by atoms with van der Waals surface area (Å²) in [5.41, 5.74) is 2.02. The number of benzene rings is 2. The Labute approximate surface area is 158 Å². The van der Waals surface area contributed by atoms with Gasteiger partial charge in [0.1, 0.15) is 6.61 Å². The van der Waals surface area contributed by atoms with E-state index in [1.165, 1.54) is 0 Å². The van der Waals surface area contributed by atoms with Gasteiger partial charge in [0.2, 0.25) is 5.91 Å². The highest BCUT2D eigenvalue weighted by Gasteiger charge is 2.31. The van der Waals surface area contributed by atoms with Gasteiger partial charge < -0.3 is 9.64 Å². The third-order valence-corrected chi connectivity index (χ3v) is 4.90. The smallest absolute Gasteiger partial charge is 0.306 e. The molecule has 0 radical (unpaired) electrons. The quantitative estimate of drug-likeness (QED) is 0.679. The van der Waals surface area contributed by atoms with Gasteiger partial charge in [0.05, 0.1) is 0 Å². The minimum absolute atomic E-state index is 0.0856. The number of carbonyl (C=O) groups excluding carboxylic acids is 2. The highest BCUT2D eigenvalue weighted by Crippen LogP contribution is 2.25. The predicted molar refractivity (Wildman–Crippen MR) is 100 cm³/mol. The van der Waals surface area contributed by atoms with Gasteiger partial charge in [0, 0.05) is 30.5 Å². The molecule has 1 fully saturated rings. The van der Waals surface area contributed by atoms with Gasteiger partial charge in [-0.1, -0.05) is 54.1 Å². The van der Waals surface area contributed by atoms with Gasteiger partial charge in [0.15, 0.2) is 0 Å². The fourth-order valence-corrected chi connectivity index (χ4v) is 3.32. The molecule has 0 spiro atoms. The first-order valence-corrected chi connectivity index (χ1v) is 9.23. The number of hydrogen-bond acceptors (Lipinski definition) is 3. The maximum atomic E-state index is 12.2. The van der Waals surface area contributed by atoms with E-state index in [4.69, 9.17) is 16.3 Å². The molecule has 0 saturated carbocycles. The Kier molecular flexibility index (Phi) is 6.29. The van der Waals surface area contributed by atoms with Crippen LogP contribution in [0, 0.1) is 0 Å². The maximum Gasteiger partial charge on any atom is 0.306 e. The molecule has 1 atom stereocenters. The lowest BCUT2D eigenvalue weighted by molar-refractivity contribution is -0.145. The number of amides is 1. The van der Waals surface area contributed by atoms with E-state index in [2.05, 4.69) is 0 Å². The number of carbonyl (C=O) groups is 2. The summed E-state index contributed by atoms with van der Waals surface area (Å²) in [7, 11) is 0. The zero-order valence-electron chi connectivity index (χ0n) is 14.6. The number of rotatable bonds is 7. The van der Waals surface area contributed by atoms with Gasteiger partial charge in [-0.15, -0.1) is 0 Å². The molecule has 136 valence electrons. The van der Waals surface area contributed by atoms with Crippen molar-refractivity contribution in [3.05, 3.63) is 70.7 Å². The summed E-state index contributed by atoms with van der Waals surface area (Å²) in [6.07, 6.45) is 2.28. The highest BCUT2D eigenvalue weighted by molar-refractivity contribution is 6.30. The van der Waals surface area contributed by atoms with E-state index in [0.717, 1.165) is 17.5 Å². The zero-order valence-corrected chi connectivity index (χ0v) is 15.3. The molecule has 5 heteroatoms. The van der Waals surface area contributed by atoms with Crippen LogP contribution in [-0.2, 0) is 27.5 Å². The Bertz CT molecular complexity index is 746. The molecular weight excluding hydrogens is 350 g/mol. The Morgan fingerprint density at radius 2 is 1.81 bits per heavy atom. The Hall–Kier alpha value is -2.33. The van der Waals surface area contributed by atoms with Crippen molar-refractivity contribution < 1.29 is 14.3 Å². The molecule has 0 bridgehead atoms. The molecule has 1 saturated heterocycles. The first-order chi connectivity index (χ1) is 12.6. The first kappa shape index (κ1) is 18.5. The number of likely N-dealkylation sites (tertiary alicyclic amines) is 1. The lowest BCUT2D eigenvalue weighted by Gasteiger charge is -2.24. The lowest BCUT2D eigenvalue weighted by atomic mass is 10.1. The molecule has 1 amide bonds. The van der Waals surface area contributed by atoms with Gasteiger partial charge >= 0.3 is 5.97 Å². The van der Waals surface area contributed by atoms with Crippen molar-refractivity contribution in [2.24, 2.45) is 0 Å². The summed E-state index contributed by atoms with van der Waals surface area (Å²) in [6, 6.07) is 17.2. The molecule has 0 aromatic heterocycles. The second-order valence-corrected chi connectivity index (χ2v) is 6.96. The van der Waals surface area contributed by atoms with Crippen LogP contribution in [0.2, 0.25) is 5.02 Å². The van der Waals surface area contributed by atoms with Crippen molar-refractivity contribution in [2.45, 2.75) is 44.9 Å². The average molecular weight is 372 g/mol. The molecule has 1 aliphatic heterocycles. The van der Waals surface area contributed by atoms with E-state index in [0.29, 0.717) is 30.8 Å². The topological polar surface area (TPSA) is 46.6 Å². The van der Waals surface area contributed by atoms with Crippen LogP contribution in [0.4, 0.5) is 0 Å². The van der Waals surface area contributed by atoms with Crippen LogP contribution < -0.4 is 0 Å². The zero-order chi connectivity index (χ0) is 18.4. The first-order valence-electron chi connectivity index (χ1n) is 8.85. The normalized spacial score (nSPS) is 16.7. The third-order valence-electron chi connectivity index (χ3n) is 4.64. The van der Waals surface area contributed by atoms with Crippen LogP contribution in [0.3, 0.4) is 0 Å². The molecule has 2 aromatic carbocycles. The van der Waals surface area contributed by atoms with Crippen LogP contribution in [0.1, 0.15) is 36.8 Å². The fraction of sp³-hybridized carbons (Fsp3) is 0.333. The van der Waals surface area contributed by atoms with E-state index >= 15 is 0 Å². The summed E-state index contributed by atoms with van der Waals surface area (Å²) < 4.78 is 5.32. The van der Waals surface area contributed by atoms with E-state index in [9.17, 15) is 9.59 Å². The largest absolute Gasteiger partial charge is 0.461 e. The molecule has 0 aliphatic carbocycles. The van der Waals surface area contributed by atoms with Crippen molar-refractivity contribution in [3.8, 4) is 0 Å². The van der Waals surface area contributed by atoms with Gasteiger partial charge in [0.25, 0.3) is 0 Å². The van der Waals surface area contributed by atoms with Gasteiger partial charge in [-0.05, 0) is 36.1 Å². The van der Waals surface area contributed by atoms with E-state index in [1.54, 1.807) is 0 Å². The van der Waals surface area contributed by atoms with Crippen molar-refractivity contribution in [3.63, 3.8) is 0 Å². The summed E-state index contributed by atoms with van der Waals surface area (Å²) in [6.45, 7) is 0.845. The van der Waals surface area contributed by atoms with E-state index < -0.39 is 0 Å². The standard InChI is InChI=1S/C21H22ClNO3/c22-18-8-6-16(7-9-18)14-23-19(10-12-20(23)24)11-13-21(25)26-15-17-4-2-1-3-5-17/h1-9,19H,10-15H2. The minimum Gasteiger partial charge on any atom is -0.461 e. The monoisotopic (exact) mass is 371 g/mol. The average Bonchev–Trinajstić information content (AvgIpc) is 3.01. The molecule has 3 rings (SSSR count). The summed E-state index contributed by atoms with van der Waals surface area (Å²) in [4.78, 5) is 26.1. The summed E-state index contributed by atoms with van der Waals surface area (Å²) in [5.74, 6) is -0.0813. The number of halogens is 1. The molecule has 1 aliphatic rings. The number of nitrogens with zero attached hydrogens (tertiary/aromatic N) is 1. The highest BCUT2D eigenvalue weighted by atomic mass is 35.5. The van der Waals surface area contributed by atoms with Gasteiger partial charge in [-0.3, -0.25) is 9.59 Å². The van der Waals surface area contributed by atoms with Crippen LogP contribution >= 0.6 is 11.6 Å². The maximum absolute atomic E-state index is 12.2. The van der Waals surface area contributed by atoms with Crippen molar-refractivity contribution >= 4 is 23.5 Å². The van der Waals surface area contributed by atoms with E-state index in [-0.39, 0.29) is 24.5 Å². The van der Waals surface area contributed by atoms with Crippen LogP contribution in [0.5, 0.6) is 0 Å². The molecule has 4 nitrogen and oxygen atoms in total. The molecule has 1 unspecified atom stereocenters. The van der Waals surface area contributed by atoms with Crippen molar-refractivity contribution in [1.82, 2.24) is 4.90 Å². The van der Waals surface area contributed by atoms with Gasteiger partial charge in [-0.2, -0.15) is 0 Å². The molecule has 1 heterocycles. The lowest BCUT2D eigenvalue weighted by Crippen LogP contribution is -2.32. The van der Waals surface area contributed by atoms with Gasteiger partial charge in [-0.25, -0.2) is 0 Å². The number of hydrogen-bond donors (Lipinski definition) is 0. The Balaban J connectivity index is 1.49. The fourth-order valence-electron chi connectivity index (χ4n) is 3.19. The summed E-state index contributed by atoms with van der Waals surface area (Å²) in [5, 5.41) is 0.680. The second kappa shape index (κ2) is 8.86. The van der Waals surface area contributed by atoms with Crippen molar-refractivity contribution in [2.75, 3.05) is 0 Å². The predicted octanol–water partition coefficient (Wildman–Crippen LogP) is 4.35. The number of ether oxygens (including phenoxy) is 1. The molecular formula is C21H22ClNO3. The second-order valence-electron chi connectivity index (χ2n) is 6.53. The van der Waals surface area contributed by atoms with Crippen molar-refractivity contribution in [1.29, 1.82) is 0 Å². The molecule has 2 aromatic rings. The van der Waals surface area contributed by atoms with Crippen LogP contribution in [0.25, 0.3) is 0 Å². The Morgan fingerprint density at radius 1 is 1.08 bits per heavy atom. The molecule has 0 N–H and O–H groups in total. The number of esters is 1. The third kappa shape index (κ3) is 5.09. The van der Waals surface area contributed by atoms with Crippen LogP contribution in [-0.4, -0.2) is 22.8 Å². The Morgan fingerprint density at radius 3 is 2.54 bits per heavy atom. The minimum atomic E-state index is -0.223. The van der Waals surface area contributed by atoms with E-state index in [1.807, 2.05) is 59.5 Å². The SMILES string of the molecule is O=C(CCC1CCC(=O)N1Cc1ccc(Cl)cc1)OCc1ccccc1. The molecule has 26 heavy (non-hydrogen) atoms.